The number of aldehydes is 1. The van der Waals surface area contributed by atoms with Gasteiger partial charge in [0.1, 0.15) is 5.69 Å². The third-order valence-corrected chi connectivity index (χ3v) is 1.32. The predicted molar refractivity (Wildman–Crippen MR) is 40.7 cm³/mol. The van der Waals surface area contributed by atoms with Gasteiger partial charge in [-0.2, -0.15) is 0 Å². The van der Waals surface area contributed by atoms with E-state index in [0.29, 0.717) is 12.0 Å². The summed E-state index contributed by atoms with van der Waals surface area (Å²) in [5.74, 6) is 0.121. The third-order valence-electron chi connectivity index (χ3n) is 1.32. The van der Waals surface area contributed by atoms with Gasteiger partial charge in [0, 0.05) is 12.4 Å². The SMILES string of the molecule is O=Cc1nnc(-c2cnccn2)o1. The molecular formula is C7H4N4O2. The van der Waals surface area contributed by atoms with Gasteiger partial charge < -0.3 is 4.42 Å². The molecule has 0 aromatic carbocycles. The number of aromatic nitrogens is 4. The van der Waals surface area contributed by atoms with E-state index in [0.717, 1.165) is 0 Å². The van der Waals surface area contributed by atoms with Crippen molar-refractivity contribution in [1.82, 2.24) is 20.2 Å². The first-order valence-electron chi connectivity index (χ1n) is 3.45. The topological polar surface area (TPSA) is 81.8 Å². The number of carbonyl (C=O) groups is 1. The molecule has 0 unspecified atom stereocenters. The lowest BCUT2D eigenvalue weighted by Gasteiger charge is -1.88. The standard InChI is InChI=1S/C7H4N4O2/c12-4-6-10-11-7(13-6)5-3-8-1-2-9-5/h1-4H. The Morgan fingerprint density at radius 3 is 2.85 bits per heavy atom. The Morgan fingerprint density at radius 1 is 1.31 bits per heavy atom. The lowest BCUT2D eigenvalue weighted by Crippen LogP contribution is -1.83. The average molecular weight is 176 g/mol. The normalized spacial score (nSPS) is 9.85. The fourth-order valence-corrected chi connectivity index (χ4v) is 0.795. The summed E-state index contributed by atoms with van der Waals surface area (Å²) in [6.07, 6.45) is 4.98. The molecule has 0 spiro atoms. The number of carbonyl (C=O) groups excluding carboxylic acids is 1. The van der Waals surface area contributed by atoms with Gasteiger partial charge in [0.15, 0.2) is 0 Å². The van der Waals surface area contributed by atoms with Crippen molar-refractivity contribution in [2.75, 3.05) is 0 Å². The van der Waals surface area contributed by atoms with Crippen molar-refractivity contribution in [2.24, 2.45) is 0 Å². The summed E-state index contributed by atoms with van der Waals surface area (Å²) < 4.78 is 4.93. The van der Waals surface area contributed by atoms with E-state index in [1.54, 1.807) is 0 Å². The van der Waals surface area contributed by atoms with E-state index in [4.69, 9.17) is 4.42 Å². The summed E-state index contributed by atoms with van der Waals surface area (Å²) in [6.45, 7) is 0. The monoisotopic (exact) mass is 176 g/mol. The van der Waals surface area contributed by atoms with Crippen molar-refractivity contribution in [2.45, 2.75) is 0 Å². The van der Waals surface area contributed by atoms with Crippen molar-refractivity contribution in [3.05, 3.63) is 24.5 Å². The number of nitrogens with zero attached hydrogens (tertiary/aromatic N) is 4. The smallest absolute Gasteiger partial charge is 0.281 e. The second-order valence-corrected chi connectivity index (χ2v) is 2.15. The fourth-order valence-electron chi connectivity index (χ4n) is 0.795. The molecule has 0 saturated heterocycles. The molecule has 0 fully saturated rings. The van der Waals surface area contributed by atoms with Crippen LogP contribution in [0.25, 0.3) is 11.6 Å². The Bertz CT molecular complexity index is 411. The highest BCUT2D eigenvalue weighted by molar-refractivity contribution is 5.67. The van der Waals surface area contributed by atoms with Crippen molar-refractivity contribution in [3.63, 3.8) is 0 Å². The second kappa shape index (κ2) is 3.10. The Morgan fingerprint density at radius 2 is 2.23 bits per heavy atom. The Kier molecular flexibility index (Phi) is 1.79. The Labute approximate surface area is 72.7 Å². The van der Waals surface area contributed by atoms with E-state index >= 15 is 0 Å². The van der Waals surface area contributed by atoms with E-state index < -0.39 is 0 Å². The molecule has 0 atom stereocenters. The van der Waals surface area contributed by atoms with Gasteiger partial charge in [0.25, 0.3) is 11.8 Å². The summed E-state index contributed by atoms with van der Waals surface area (Å²) in [6, 6.07) is 0. The lowest BCUT2D eigenvalue weighted by molar-refractivity contribution is 0.109. The third kappa shape index (κ3) is 1.41. The Balaban J connectivity index is 2.41. The zero-order valence-corrected chi connectivity index (χ0v) is 6.41. The highest BCUT2D eigenvalue weighted by Gasteiger charge is 2.07. The van der Waals surface area contributed by atoms with Crippen LogP contribution in [0.3, 0.4) is 0 Å². The van der Waals surface area contributed by atoms with Gasteiger partial charge >= 0.3 is 0 Å². The van der Waals surface area contributed by atoms with Gasteiger partial charge in [-0.3, -0.25) is 9.78 Å². The minimum Gasteiger partial charge on any atom is -0.412 e. The first-order valence-corrected chi connectivity index (χ1v) is 3.45. The number of hydrogen-bond donors (Lipinski definition) is 0. The maximum Gasteiger partial charge on any atom is 0.281 e. The van der Waals surface area contributed by atoms with Gasteiger partial charge in [-0.05, 0) is 0 Å². The Hall–Kier alpha value is -2.11. The first-order chi connectivity index (χ1) is 6.40. The van der Waals surface area contributed by atoms with Gasteiger partial charge in [0.05, 0.1) is 6.20 Å². The molecule has 2 aromatic heterocycles. The highest BCUT2D eigenvalue weighted by Crippen LogP contribution is 2.11. The zero-order chi connectivity index (χ0) is 9.10. The van der Waals surface area contributed by atoms with Gasteiger partial charge in [0.2, 0.25) is 6.29 Å². The molecule has 0 bridgehead atoms. The fraction of sp³-hybridized carbons (Fsp3) is 0. The molecule has 6 heteroatoms. The number of rotatable bonds is 2. The molecule has 2 aromatic rings. The molecule has 0 aliphatic heterocycles. The summed E-state index contributed by atoms with van der Waals surface area (Å²) in [5.41, 5.74) is 0.447. The molecule has 0 saturated carbocycles. The molecule has 64 valence electrons. The molecular weight excluding hydrogens is 172 g/mol. The van der Waals surface area contributed by atoms with Crippen LogP contribution in [-0.2, 0) is 0 Å². The van der Waals surface area contributed by atoms with Crippen LogP contribution < -0.4 is 0 Å². The molecule has 2 rings (SSSR count). The summed E-state index contributed by atoms with van der Waals surface area (Å²) in [5, 5.41) is 7.07. The van der Waals surface area contributed by atoms with Crippen LogP contribution in [0.4, 0.5) is 0 Å². The maximum atomic E-state index is 10.2. The molecule has 2 heterocycles. The van der Waals surface area contributed by atoms with Gasteiger partial charge in [-0.15, -0.1) is 10.2 Å². The molecule has 0 N–H and O–H groups in total. The average Bonchev–Trinajstić information content (AvgIpc) is 2.67. The molecule has 6 nitrogen and oxygen atoms in total. The van der Waals surface area contributed by atoms with E-state index in [-0.39, 0.29) is 11.8 Å². The van der Waals surface area contributed by atoms with Gasteiger partial charge in [-0.25, -0.2) is 4.98 Å². The lowest BCUT2D eigenvalue weighted by atomic mass is 10.4. The predicted octanol–water partition coefficient (Wildman–Crippen LogP) is 0.339. The van der Waals surface area contributed by atoms with Gasteiger partial charge in [-0.1, -0.05) is 0 Å². The minimum atomic E-state index is -0.0688. The van der Waals surface area contributed by atoms with Crippen molar-refractivity contribution < 1.29 is 9.21 Å². The number of hydrogen-bond acceptors (Lipinski definition) is 6. The van der Waals surface area contributed by atoms with Crippen molar-refractivity contribution >= 4 is 6.29 Å². The van der Waals surface area contributed by atoms with Crippen LogP contribution in [0.5, 0.6) is 0 Å². The van der Waals surface area contributed by atoms with Crippen molar-refractivity contribution in [3.8, 4) is 11.6 Å². The largest absolute Gasteiger partial charge is 0.412 e. The van der Waals surface area contributed by atoms with Crippen molar-refractivity contribution in [1.29, 1.82) is 0 Å². The van der Waals surface area contributed by atoms with E-state index in [2.05, 4.69) is 20.2 Å². The van der Waals surface area contributed by atoms with Crippen LogP contribution >= 0.6 is 0 Å². The zero-order valence-electron chi connectivity index (χ0n) is 6.41. The minimum absolute atomic E-state index is 0.0688. The van der Waals surface area contributed by atoms with E-state index in [1.807, 2.05) is 0 Å². The summed E-state index contributed by atoms with van der Waals surface area (Å²) >= 11 is 0. The summed E-state index contributed by atoms with van der Waals surface area (Å²) in [4.78, 5) is 18.0. The second-order valence-electron chi connectivity index (χ2n) is 2.15. The van der Waals surface area contributed by atoms with Crippen LogP contribution in [0.15, 0.2) is 23.0 Å². The van der Waals surface area contributed by atoms with Crippen LogP contribution in [0.2, 0.25) is 0 Å². The highest BCUT2D eigenvalue weighted by atomic mass is 16.4. The molecule has 0 amide bonds. The van der Waals surface area contributed by atoms with E-state index in [9.17, 15) is 4.79 Å². The van der Waals surface area contributed by atoms with Crippen LogP contribution in [0, 0.1) is 0 Å². The van der Waals surface area contributed by atoms with E-state index in [1.165, 1.54) is 18.6 Å². The molecule has 0 aliphatic rings. The van der Waals surface area contributed by atoms with Crippen LogP contribution in [0.1, 0.15) is 10.7 Å². The quantitative estimate of drug-likeness (QED) is 0.613. The maximum absolute atomic E-state index is 10.2. The summed E-state index contributed by atoms with van der Waals surface area (Å²) in [7, 11) is 0. The molecule has 0 aliphatic carbocycles. The first kappa shape index (κ1) is 7.53. The molecule has 13 heavy (non-hydrogen) atoms. The molecule has 0 radical (unpaired) electrons. The van der Waals surface area contributed by atoms with Crippen LogP contribution in [-0.4, -0.2) is 26.5 Å².